The molecule has 0 bridgehead atoms. The molecular weight excluding hydrogens is 448 g/mol. The first-order valence-electron chi connectivity index (χ1n) is 11.7. The Bertz CT molecular complexity index is 1650. The van der Waals surface area contributed by atoms with Crippen molar-refractivity contribution in [2.24, 2.45) is 0 Å². The molecule has 1 aliphatic carbocycles. The van der Waals surface area contributed by atoms with Gasteiger partial charge in [0.05, 0.1) is 4.90 Å². The van der Waals surface area contributed by atoms with Crippen molar-refractivity contribution in [3.8, 4) is 44.5 Å². The lowest BCUT2D eigenvalue weighted by atomic mass is 9.82. The van der Waals surface area contributed by atoms with Crippen LogP contribution in [0.4, 0.5) is 0 Å². The second-order valence-corrected chi connectivity index (χ2v) is 11.1. The molecular formula is C32H24O2S. The molecule has 0 atom stereocenters. The molecule has 5 aromatic rings. The van der Waals surface area contributed by atoms with Gasteiger partial charge in [-0.1, -0.05) is 97.1 Å². The summed E-state index contributed by atoms with van der Waals surface area (Å²) in [6.07, 6.45) is 2.14. The largest absolute Gasteiger partial charge is 0.224 e. The van der Waals surface area contributed by atoms with Crippen LogP contribution in [0.25, 0.3) is 44.5 Å². The van der Waals surface area contributed by atoms with E-state index in [1.54, 1.807) is 12.1 Å². The zero-order chi connectivity index (χ0) is 24.0. The van der Waals surface area contributed by atoms with E-state index in [-0.39, 0.29) is 0 Å². The maximum Gasteiger partial charge on any atom is 0.175 e. The fourth-order valence-corrected chi connectivity index (χ4v) is 5.84. The van der Waals surface area contributed by atoms with Crippen molar-refractivity contribution in [1.82, 2.24) is 0 Å². The van der Waals surface area contributed by atoms with Gasteiger partial charge in [-0.2, -0.15) is 0 Å². The highest BCUT2D eigenvalue weighted by atomic mass is 32.2. The summed E-state index contributed by atoms with van der Waals surface area (Å²) in [7, 11) is -3.26. The first-order chi connectivity index (χ1) is 17.0. The average molecular weight is 473 g/mol. The Morgan fingerprint density at radius 1 is 0.543 bits per heavy atom. The monoisotopic (exact) mass is 472 g/mol. The van der Waals surface area contributed by atoms with Gasteiger partial charge in [0.2, 0.25) is 0 Å². The third-order valence-corrected chi connectivity index (χ3v) is 7.96. The minimum atomic E-state index is -3.26. The summed E-state index contributed by atoms with van der Waals surface area (Å²) in [5, 5.41) is 0. The average Bonchev–Trinajstić information content (AvgIpc) is 3.26. The molecule has 0 aromatic heterocycles. The summed E-state index contributed by atoms with van der Waals surface area (Å²) in [6, 6.07) is 39.3. The van der Waals surface area contributed by atoms with E-state index in [1.807, 2.05) is 18.2 Å². The van der Waals surface area contributed by atoms with Crippen molar-refractivity contribution >= 4 is 9.84 Å². The standard InChI is InChI=1S/C32H24O2S/c1-35(33,34)26-18-16-22(17-19-26)28-21-29-27-15-9-8-14-25(27)20-30(29)32(24-12-6-3-7-13-24)31(28)23-10-4-2-5-11-23/h2-19,21H,20H2,1H3. The second kappa shape index (κ2) is 8.37. The molecule has 0 saturated heterocycles. The molecule has 2 nitrogen and oxygen atoms in total. The summed E-state index contributed by atoms with van der Waals surface area (Å²) in [5.41, 5.74) is 12.1. The van der Waals surface area contributed by atoms with Crippen molar-refractivity contribution < 1.29 is 8.42 Å². The molecule has 0 aliphatic heterocycles. The van der Waals surface area contributed by atoms with Crippen LogP contribution in [-0.4, -0.2) is 14.7 Å². The van der Waals surface area contributed by atoms with Crippen molar-refractivity contribution in [3.63, 3.8) is 0 Å². The molecule has 3 heteroatoms. The first-order valence-corrected chi connectivity index (χ1v) is 13.6. The molecule has 0 N–H and O–H groups in total. The van der Waals surface area contributed by atoms with Gasteiger partial charge in [-0.05, 0) is 80.3 Å². The lowest BCUT2D eigenvalue weighted by Gasteiger charge is -2.21. The van der Waals surface area contributed by atoms with Crippen molar-refractivity contribution in [3.05, 3.63) is 126 Å². The maximum absolute atomic E-state index is 12.1. The fourth-order valence-electron chi connectivity index (χ4n) is 5.21. The molecule has 5 aromatic carbocycles. The number of fused-ring (bicyclic) bond motifs is 3. The van der Waals surface area contributed by atoms with Gasteiger partial charge in [0.15, 0.2) is 9.84 Å². The molecule has 6 rings (SSSR count). The Kier molecular flexibility index (Phi) is 5.16. The summed E-state index contributed by atoms with van der Waals surface area (Å²) in [4.78, 5) is 0.331. The van der Waals surface area contributed by atoms with Gasteiger partial charge < -0.3 is 0 Å². The van der Waals surface area contributed by atoms with E-state index in [0.29, 0.717) is 4.90 Å². The molecule has 0 radical (unpaired) electrons. The summed E-state index contributed by atoms with van der Waals surface area (Å²) in [6.45, 7) is 0. The highest BCUT2D eigenvalue weighted by Gasteiger charge is 2.27. The van der Waals surface area contributed by atoms with Gasteiger partial charge in [0.1, 0.15) is 0 Å². The predicted molar refractivity (Wildman–Crippen MR) is 144 cm³/mol. The lowest BCUT2D eigenvalue weighted by molar-refractivity contribution is 0.602. The molecule has 0 unspecified atom stereocenters. The Hall–Kier alpha value is -3.95. The van der Waals surface area contributed by atoms with E-state index in [1.165, 1.54) is 45.2 Å². The van der Waals surface area contributed by atoms with Crippen LogP contribution < -0.4 is 0 Å². The number of rotatable bonds is 4. The predicted octanol–water partition coefficient (Wildman–Crippen LogP) is 7.66. The first kappa shape index (κ1) is 21.6. The van der Waals surface area contributed by atoms with Gasteiger partial charge in [0.25, 0.3) is 0 Å². The zero-order valence-electron chi connectivity index (χ0n) is 19.4. The maximum atomic E-state index is 12.1. The Morgan fingerprint density at radius 3 is 1.74 bits per heavy atom. The smallest absolute Gasteiger partial charge is 0.175 e. The molecule has 0 amide bonds. The second-order valence-electron chi connectivity index (χ2n) is 9.06. The third-order valence-electron chi connectivity index (χ3n) is 6.83. The number of hydrogen-bond donors (Lipinski definition) is 0. The number of benzene rings is 5. The van der Waals surface area contributed by atoms with Gasteiger partial charge in [0, 0.05) is 6.26 Å². The highest BCUT2D eigenvalue weighted by molar-refractivity contribution is 7.90. The molecule has 170 valence electrons. The zero-order valence-corrected chi connectivity index (χ0v) is 20.2. The molecule has 1 aliphatic rings. The summed E-state index contributed by atoms with van der Waals surface area (Å²) < 4.78 is 24.2. The summed E-state index contributed by atoms with van der Waals surface area (Å²) >= 11 is 0. The van der Waals surface area contributed by atoms with Crippen LogP contribution in [0.5, 0.6) is 0 Å². The van der Waals surface area contributed by atoms with Gasteiger partial charge in [-0.3, -0.25) is 0 Å². The van der Waals surface area contributed by atoms with E-state index >= 15 is 0 Å². The normalized spacial score (nSPS) is 12.3. The fraction of sp³-hybridized carbons (Fsp3) is 0.0625. The van der Waals surface area contributed by atoms with Crippen molar-refractivity contribution in [2.75, 3.05) is 6.26 Å². The van der Waals surface area contributed by atoms with E-state index in [9.17, 15) is 8.42 Å². The van der Waals surface area contributed by atoms with Crippen LogP contribution in [0.15, 0.2) is 120 Å². The minimum absolute atomic E-state index is 0.331. The van der Waals surface area contributed by atoms with Gasteiger partial charge >= 0.3 is 0 Å². The topological polar surface area (TPSA) is 34.1 Å². The molecule has 0 saturated carbocycles. The number of hydrogen-bond acceptors (Lipinski definition) is 2. The van der Waals surface area contributed by atoms with E-state index in [2.05, 4.69) is 84.9 Å². The van der Waals surface area contributed by atoms with Gasteiger partial charge in [-0.15, -0.1) is 0 Å². The Morgan fingerprint density at radius 2 is 1.11 bits per heavy atom. The van der Waals surface area contributed by atoms with Crippen LogP contribution >= 0.6 is 0 Å². The van der Waals surface area contributed by atoms with Crippen LogP contribution in [-0.2, 0) is 16.3 Å². The molecule has 0 heterocycles. The van der Waals surface area contributed by atoms with Crippen LogP contribution in [0.1, 0.15) is 11.1 Å². The summed E-state index contributed by atoms with van der Waals surface area (Å²) in [5.74, 6) is 0. The Balaban J connectivity index is 1.72. The van der Waals surface area contributed by atoms with Crippen molar-refractivity contribution in [1.29, 1.82) is 0 Å². The van der Waals surface area contributed by atoms with Crippen LogP contribution in [0.3, 0.4) is 0 Å². The van der Waals surface area contributed by atoms with Crippen LogP contribution in [0.2, 0.25) is 0 Å². The highest BCUT2D eigenvalue weighted by Crippen LogP contribution is 2.50. The van der Waals surface area contributed by atoms with E-state index in [4.69, 9.17) is 0 Å². The lowest BCUT2D eigenvalue weighted by Crippen LogP contribution is -1.98. The quantitative estimate of drug-likeness (QED) is 0.264. The third kappa shape index (κ3) is 3.78. The molecule has 0 fully saturated rings. The Labute approximate surface area is 206 Å². The van der Waals surface area contributed by atoms with Gasteiger partial charge in [-0.25, -0.2) is 8.42 Å². The SMILES string of the molecule is CS(=O)(=O)c1ccc(-c2cc3c(c(-c4ccccc4)c2-c2ccccc2)Cc2ccccc2-3)cc1. The number of sulfone groups is 1. The molecule has 35 heavy (non-hydrogen) atoms. The van der Waals surface area contributed by atoms with E-state index < -0.39 is 9.84 Å². The van der Waals surface area contributed by atoms with E-state index in [0.717, 1.165) is 23.1 Å². The van der Waals surface area contributed by atoms with Crippen LogP contribution in [0, 0.1) is 0 Å². The minimum Gasteiger partial charge on any atom is -0.224 e. The van der Waals surface area contributed by atoms with Crippen molar-refractivity contribution in [2.45, 2.75) is 11.3 Å². The molecule has 0 spiro atoms.